The number of aliphatic hydroxyl groups excluding tert-OH is 3. The van der Waals surface area contributed by atoms with Crippen LogP contribution in [0.5, 0.6) is 0 Å². The summed E-state index contributed by atoms with van der Waals surface area (Å²) in [4.78, 5) is 0. The van der Waals surface area contributed by atoms with E-state index >= 15 is 0 Å². The number of likely N-dealkylation sites (N-methyl/N-ethyl adjacent to an activating group) is 1. The third-order valence-corrected chi connectivity index (χ3v) is 2.78. The van der Waals surface area contributed by atoms with Crippen LogP contribution in [0, 0.1) is 5.92 Å². The van der Waals surface area contributed by atoms with Gasteiger partial charge in [0.2, 0.25) is 0 Å². The maximum atomic E-state index is 9.62. The van der Waals surface area contributed by atoms with Crippen LogP contribution >= 0.6 is 0 Å². The minimum atomic E-state index is -0.662. The van der Waals surface area contributed by atoms with Crippen LogP contribution in [0.4, 0.5) is 0 Å². The summed E-state index contributed by atoms with van der Waals surface area (Å²) in [7, 11) is 1.79. The second-order valence-electron chi connectivity index (χ2n) is 3.83. The summed E-state index contributed by atoms with van der Waals surface area (Å²) in [5.41, 5.74) is 0. The van der Waals surface area contributed by atoms with Gasteiger partial charge in [0, 0.05) is 6.54 Å². The Hall–Kier alpha value is -0.160. The first-order valence-corrected chi connectivity index (χ1v) is 4.84. The van der Waals surface area contributed by atoms with Crippen LogP contribution in [-0.4, -0.2) is 47.2 Å². The minimum absolute atomic E-state index is 0.117. The molecule has 0 aliphatic heterocycles. The Morgan fingerprint density at radius 3 is 2.54 bits per heavy atom. The smallest absolute Gasteiger partial charge is 0.0802 e. The summed E-state index contributed by atoms with van der Waals surface area (Å²) < 4.78 is 0. The van der Waals surface area contributed by atoms with Crippen molar-refractivity contribution in [3.05, 3.63) is 0 Å². The third-order valence-electron chi connectivity index (χ3n) is 2.78. The summed E-state index contributed by atoms with van der Waals surface area (Å²) in [6, 6.07) is 0. The molecular formula is C9H19NO3. The van der Waals surface area contributed by atoms with Crippen LogP contribution in [0.2, 0.25) is 0 Å². The highest BCUT2D eigenvalue weighted by molar-refractivity contribution is 4.83. The van der Waals surface area contributed by atoms with Crippen molar-refractivity contribution in [2.45, 2.75) is 37.6 Å². The fraction of sp³-hybridized carbons (Fsp3) is 1.00. The zero-order chi connectivity index (χ0) is 9.84. The number of hydrogen-bond donors (Lipinski definition) is 4. The lowest BCUT2D eigenvalue weighted by atomic mass is 9.82. The molecule has 1 fully saturated rings. The fourth-order valence-electron chi connectivity index (χ4n) is 1.89. The molecule has 0 amide bonds. The van der Waals surface area contributed by atoms with Gasteiger partial charge in [-0.2, -0.15) is 0 Å². The van der Waals surface area contributed by atoms with Gasteiger partial charge >= 0.3 is 0 Å². The molecule has 13 heavy (non-hydrogen) atoms. The van der Waals surface area contributed by atoms with Crippen LogP contribution in [0.15, 0.2) is 0 Å². The molecule has 0 aromatic carbocycles. The van der Waals surface area contributed by atoms with E-state index in [2.05, 4.69) is 5.32 Å². The zero-order valence-electron chi connectivity index (χ0n) is 7.98. The molecule has 4 nitrogen and oxygen atoms in total. The molecule has 0 radical (unpaired) electrons. The van der Waals surface area contributed by atoms with Crippen molar-refractivity contribution in [1.82, 2.24) is 5.32 Å². The molecule has 4 N–H and O–H groups in total. The van der Waals surface area contributed by atoms with Gasteiger partial charge in [0.25, 0.3) is 0 Å². The standard InChI is InChI=1S/C9H19NO3/c1-10-5-9(13)6-2-3-7(11)8(12)4-6/h6-13H,2-5H2,1H3. The molecule has 1 aliphatic rings. The topological polar surface area (TPSA) is 72.7 Å². The molecular weight excluding hydrogens is 170 g/mol. The normalized spacial score (nSPS) is 37.4. The van der Waals surface area contributed by atoms with E-state index in [-0.39, 0.29) is 5.92 Å². The molecule has 4 heteroatoms. The second kappa shape index (κ2) is 4.91. The molecule has 4 atom stereocenters. The highest BCUT2D eigenvalue weighted by atomic mass is 16.3. The van der Waals surface area contributed by atoms with Gasteiger partial charge in [-0.05, 0) is 32.2 Å². The van der Waals surface area contributed by atoms with Crippen molar-refractivity contribution >= 4 is 0 Å². The van der Waals surface area contributed by atoms with E-state index in [4.69, 9.17) is 0 Å². The quantitative estimate of drug-likeness (QED) is 0.464. The van der Waals surface area contributed by atoms with Crippen LogP contribution in [0.1, 0.15) is 19.3 Å². The van der Waals surface area contributed by atoms with Gasteiger partial charge in [0.15, 0.2) is 0 Å². The maximum Gasteiger partial charge on any atom is 0.0802 e. The van der Waals surface area contributed by atoms with Crippen LogP contribution in [-0.2, 0) is 0 Å². The monoisotopic (exact) mass is 189 g/mol. The Morgan fingerprint density at radius 1 is 1.31 bits per heavy atom. The second-order valence-corrected chi connectivity index (χ2v) is 3.83. The average molecular weight is 189 g/mol. The first kappa shape index (κ1) is 10.9. The summed E-state index contributed by atoms with van der Waals surface area (Å²) in [5, 5.41) is 31.2. The SMILES string of the molecule is CNCC(O)C1CCC(O)C(O)C1. The molecule has 1 aliphatic carbocycles. The Bertz CT molecular complexity index is 154. The molecule has 1 saturated carbocycles. The van der Waals surface area contributed by atoms with E-state index in [0.29, 0.717) is 19.4 Å². The van der Waals surface area contributed by atoms with E-state index < -0.39 is 18.3 Å². The van der Waals surface area contributed by atoms with Crippen molar-refractivity contribution in [2.75, 3.05) is 13.6 Å². The van der Waals surface area contributed by atoms with E-state index in [1.54, 1.807) is 7.05 Å². The van der Waals surface area contributed by atoms with Crippen LogP contribution in [0.25, 0.3) is 0 Å². The first-order chi connectivity index (χ1) is 6.15. The van der Waals surface area contributed by atoms with Gasteiger partial charge in [0.05, 0.1) is 18.3 Å². The Kier molecular flexibility index (Phi) is 4.12. The predicted octanol–water partition coefficient (Wildman–Crippen LogP) is -0.911. The molecule has 0 spiro atoms. The van der Waals surface area contributed by atoms with Crippen molar-refractivity contribution in [3.63, 3.8) is 0 Å². The molecule has 78 valence electrons. The highest BCUT2D eigenvalue weighted by Crippen LogP contribution is 2.27. The Balaban J connectivity index is 2.36. The van der Waals surface area contributed by atoms with Crippen LogP contribution < -0.4 is 5.32 Å². The zero-order valence-corrected chi connectivity index (χ0v) is 7.98. The lowest BCUT2D eigenvalue weighted by Crippen LogP contribution is -2.40. The van der Waals surface area contributed by atoms with Gasteiger partial charge in [0.1, 0.15) is 0 Å². The van der Waals surface area contributed by atoms with Crippen molar-refractivity contribution < 1.29 is 15.3 Å². The Labute approximate surface area is 78.6 Å². The van der Waals surface area contributed by atoms with Crippen molar-refractivity contribution in [3.8, 4) is 0 Å². The largest absolute Gasteiger partial charge is 0.392 e. The number of aliphatic hydroxyl groups is 3. The molecule has 0 heterocycles. The molecule has 0 bridgehead atoms. The van der Waals surface area contributed by atoms with E-state index in [0.717, 1.165) is 6.42 Å². The third kappa shape index (κ3) is 2.91. The first-order valence-electron chi connectivity index (χ1n) is 4.84. The molecule has 0 aromatic rings. The molecule has 1 rings (SSSR count). The summed E-state index contributed by atoms with van der Waals surface area (Å²) in [6.45, 7) is 0.549. The lowest BCUT2D eigenvalue weighted by molar-refractivity contribution is -0.0487. The summed E-state index contributed by atoms with van der Waals surface area (Å²) in [5.74, 6) is 0.117. The van der Waals surface area contributed by atoms with Gasteiger partial charge in [-0.1, -0.05) is 0 Å². The molecule has 4 unspecified atom stereocenters. The molecule has 0 saturated heterocycles. The van der Waals surface area contributed by atoms with Gasteiger partial charge in [-0.3, -0.25) is 0 Å². The highest BCUT2D eigenvalue weighted by Gasteiger charge is 2.31. The van der Waals surface area contributed by atoms with Gasteiger partial charge in [-0.25, -0.2) is 0 Å². The van der Waals surface area contributed by atoms with Crippen molar-refractivity contribution in [2.24, 2.45) is 5.92 Å². The predicted molar refractivity (Wildman–Crippen MR) is 49.3 cm³/mol. The summed E-state index contributed by atoms with van der Waals surface area (Å²) in [6.07, 6.45) is 0.216. The van der Waals surface area contributed by atoms with E-state index in [1.807, 2.05) is 0 Å². The van der Waals surface area contributed by atoms with E-state index in [1.165, 1.54) is 0 Å². The molecule has 0 aromatic heterocycles. The van der Waals surface area contributed by atoms with Gasteiger partial charge < -0.3 is 20.6 Å². The van der Waals surface area contributed by atoms with Crippen molar-refractivity contribution in [1.29, 1.82) is 0 Å². The van der Waals surface area contributed by atoms with Crippen LogP contribution in [0.3, 0.4) is 0 Å². The lowest BCUT2D eigenvalue weighted by Gasteiger charge is -2.32. The fourth-order valence-corrected chi connectivity index (χ4v) is 1.89. The number of rotatable bonds is 3. The number of hydrogen-bond acceptors (Lipinski definition) is 4. The Morgan fingerprint density at radius 2 is 2.00 bits per heavy atom. The van der Waals surface area contributed by atoms with Gasteiger partial charge in [-0.15, -0.1) is 0 Å². The van der Waals surface area contributed by atoms with E-state index in [9.17, 15) is 15.3 Å². The number of nitrogens with one attached hydrogen (secondary N) is 1. The summed E-state index contributed by atoms with van der Waals surface area (Å²) >= 11 is 0. The minimum Gasteiger partial charge on any atom is -0.392 e. The maximum absolute atomic E-state index is 9.62. The average Bonchev–Trinajstić information content (AvgIpc) is 2.10.